The van der Waals surface area contributed by atoms with Crippen LogP contribution in [0.1, 0.15) is 71.4 Å². The molecule has 0 radical (unpaired) electrons. The summed E-state index contributed by atoms with van der Waals surface area (Å²) in [5, 5.41) is 11.7. The van der Waals surface area contributed by atoms with Crippen molar-refractivity contribution in [3.63, 3.8) is 0 Å². The van der Waals surface area contributed by atoms with E-state index in [1.807, 2.05) is 93.3 Å². The molecular formula is C41H59N5O7. The number of Topliss-reactive ketones (excluding diaryl/α,β-unsaturated/α-hetero) is 1. The van der Waals surface area contributed by atoms with Crippen LogP contribution in [-0.2, 0) is 46.3 Å². The lowest BCUT2D eigenvalue weighted by Crippen LogP contribution is -2.59. The van der Waals surface area contributed by atoms with Crippen LogP contribution >= 0.6 is 0 Å². The molecule has 0 saturated carbocycles. The van der Waals surface area contributed by atoms with Gasteiger partial charge in [-0.25, -0.2) is 0 Å². The Labute approximate surface area is 314 Å². The Hall–Kier alpha value is -4.13. The first-order valence-corrected chi connectivity index (χ1v) is 19.1. The van der Waals surface area contributed by atoms with Gasteiger partial charge in [0.1, 0.15) is 23.7 Å². The molecule has 12 nitrogen and oxygen atoms in total. The molecule has 5 atom stereocenters. The molecule has 2 aromatic rings. The highest BCUT2D eigenvalue weighted by molar-refractivity contribution is 5.98. The Kier molecular flexibility index (Phi) is 16.0. The fourth-order valence-electron chi connectivity index (χ4n) is 6.39. The predicted molar refractivity (Wildman–Crippen MR) is 203 cm³/mol. The molecule has 0 aliphatic carbocycles. The number of hydrogen-bond donors (Lipinski definition) is 4. The third-order valence-electron chi connectivity index (χ3n) is 9.71. The molecule has 4 rings (SSSR count). The lowest BCUT2D eigenvalue weighted by molar-refractivity contribution is -0.135. The summed E-state index contributed by atoms with van der Waals surface area (Å²) in [5.74, 6) is -1.58. The Bertz CT molecular complexity index is 1490. The smallest absolute Gasteiger partial charge is 0.243 e. The molecule has 290 valence electrons. The van der Waals surface area contributed by atoms with Gasteiger partial charge < -0.3 is 30.7 Å². The van der Waals surface area contributed by atoms with E-state index in [4.69, 9.17) is 9.47 Å². The molecule has 2 aromatic carbocycles. The zero-order valence-corrected chi connectivity index (χ0v) is 32.0. The van der Waals surface area contributed by atoms with Crippen molar-refractivity contribution in [2.24, 2.45) is 11.8 Å². The van der Waals surface area contributed by atoms with E-state index in [2.05, 4.69) is 21.3 Å². The highest BCUT2D eigenvalue weighted by Gasteiger charge is 2.50. The molecule has 2 aliphatic rings. The van der Waals surface area contributed by atoms with Gasteiger partial charge in [0, 0.05) is 19.5 Å². The minimum Gasteiger partial charge on any atom is -0.379 e. The summed E-state index contributed by atoms with van der Waals surface area (Å²) in [6.45, 7) is 12.5. The normalized spacial score (nSPS) is 19.5. The van der Waals surface area contributed by atoms with Crippen LogP contribution in [0.3, 0.4) is 0 Å². The lowest BCUT2D eigenvalue weighted by Gasteiger charge is -2.28. The van der Waals surface area contributed by atoms with Crippen molar-refractivity contribution < 1.29 is 33.4 Å². The summed E-state index contributed by atoms with van der Waals surface area (Å²) in [6.07, 6.45) is 2.43. The second kappa shape index (κ2) is 20.4. The topological polar surface area (TPSA) is 158 Å². The number of rotatable bonds is 21. The van der Waals surface area contributed by atoms with E-state index >= 15 is 0 Å². The average molecular weight is 734 g/mol. The summed E-state index contributed by atoms with van der Waals surface area (Å²) in [5.41, 5.74) is 0.920. The van der Waals surface area contributed by atoms with E-state index in [9.17, 15) is 24.0 Å². The van der Waals surface area contributed by atoms with Crippen molar-refractivity contribution in [1.82, 2.24) is 26.2 Å². The predicted octanol–water partition coefficient (Wildman–Crippen LogP) is 2.97. The number of ketones is 1. The van der Waals surface area contributed by atoms with Gasteiger partial charge in [0.05, 0.1) is 32.4 Å². The molecule has 2 aliphatic heterocycles. The van der Waals surface area contributed by atoms with E-state index in [-0.39, 0.29) is 36.5 Å². The monoisotopic (exact) mass is 733 g/mol. The molecule has 0 unspecified atom stereocenters. The molecule has 0 spiro atoms. The molecule has 4 amide bonds. The number of ether oxygens (including phenoxy) is 2. The third kappa shape index (κ3) is 14.0. The van der Waals surface area contributed by atoms with Gasteiger partial charge in [-0.3, -0.25) is 28.9 Å². The molecule has 2 saturated heterocycles. The van der Waals surface area contributed by atoms with Crippen molar-refractivity contribution in [2.45, 2.75) is 103 Å². The van der Waals surface area contributed by atoms with Gasteiger partial charge in [0.25, 0.3) is 0 Å². The van der Waals surface area contributed by atoms with Gasteiger partial charge in [-0.2, -0.15) is 0 Å². The summed E-state index contributed by atoms with van der Waals surface area (Å²) in [6, 6.07) is 15.4. The Morgan fingerprint density at radius 3 is 1.77 bits per heavy atom. The van der Waals surface area contributed by atoms with Crippen LogP contribution in [0.25, 0.3) is 0 Å². The SMILES string of the molecule is CC(C)CC[C@H](NC(=O)[C@H](CCc1ccccc1)NC(=O)CN1CCOCC1)C(=O)N[C@@H](Cc1ccccc1)C(=O)N[C@H](CC(C)C)C(=O)[C@@]1(C)CO1. The first-order valence-electron chi connectivity index (χ1n) is 19.1. The van der Waals surface area contributed by atoms with Crippen LogP contribution in [0.2, 0.25) is 0 Å². The summed E-state index contributed by atoms with van der Waals surface area (Å²) < 4.78 is 10.8. The van der Waals surface area contributed by atoms with Gasteiger partial charge in [0.2, 0.25) is 23.6 Å². The molecule has 12 heteroatoms. The minimum atomic E-state index is -1.03. The standard InChI is InChI=1S/C41H59N5O7/c1-28(2)16-18-33(43-38(49)32(19-17-30-12-8-6-9-13-30)42-36(47)26-46-20-22-52-23-21-46)39(50)45-35(25-31-14-10-7-11-15-31)40(51)44-34(24-29(3)4)37(48)41(5)27-53-41/h6-15,28-29,32-35H,16-27H2,1-5H3,(H,42,47)(H,43,49)(H,44,51)(H,45,50)/t32-,33-,34+,35-,41+/m0/s1. The molecule has 2 heterocycles. The number of epoxide rings is 1. The molecule has 53 heavy (non-hydrogen) atoms. The van der Waals surface area contributed by atoms with Gasteiger partial charge >= 0.3 is 0 Å². The van der Waals surface area contributed by atoms with E-state index in [1.165, 1.54) is 0 Å². The summed E-state index contributed by atoms with van der Waals surface area (Å²) >= 11 is 0. The van der Waals surface area contributed by atoms with E-state index in [0.29, 0.717) is 65.0 Å². The van der Waals surface area contributed by atoms with E-state index in [1.54, 1.807) is 6.92 Å². The Balaban J connectivity index is 1.52. The number of nitrogens with one attached hydrogen (secondary N) is 4. The number of hydrogen-bond acceptors (Lipinski definition) is 8. The van der Waals surface area contributed by atoms with Crippen LogP contribution in [0.15, 0.2) is 60.7 Å². The van der Waals surface area contributed by atoms with Crippen LogP contribution in [-0.4, -0.2) is 104 Å². The number of carbonyl (C=O) groups is 5. The zero-order valence-electron chi connectivity index (χ0n) is 32.0. The molecule has 0 bridgehead atoms. The first kappa shape index (κ1) is 41.6. The summed E-state index contributed by atoms with van der Waals surface area (Å²) in [7, 11) is 0. The van der Waals surface area contributed by atoms with Crippen LogP contribution in [0.4, 0.5) is 0 Å². The maximum absolute atomic E-state index is 14.2. The molecule has 0 aromatic heterocycles. The highest BCUT2D eigenvalue weighted by Crippen LogP contribution is 2.29. The number of aryl methyl sites for hydroxylation is 1. The van der Waals surface area contributed by atoms with E-state index < -0.39 is 47.5 Å². The lowest BCUT2D eigenvalue weighted by atomic mass is 9.93. The average Bonchev–Trinajstić information content (AvgIpc) is 3.89. The molecule has 4 N–H and O–H groups in total. The van der Waals surface area contributed by atoms with Crippen molar-refractivity contribution >= 4 is 29.4 Å². The van der Waals surface area contributed by atoms with Crippen molar-refractivity contribution in [2.75, 3.05) is 39.5 Å². The fraction of sp³-hybridized carbons (Fsp3) is 0.585. The van der Waals surface area contributed by atoms with Gasteiger partial charge in [0.15, 0.2) is 5.78 Å². The van der Waals surface area contributed by atoms with Gasteiger partial charge in [-0.15, -0.1) is 0 Å². The number of amides is 4. The zero-order chi connectivity index (χ0) is 38.4. The van der Waals surface area contributed by atoms with Crippen molar-refractivity contribution in [1.29, 1.82) is 0 Å². The maximum Gasteiger partial charge on any atom is 0.243 e. The summed E-state index contributed by atoms with van der Waals surface area (Å²) in [4.78, 5) is 70.7. The molecular weight excluding hydrogens is 674 g/mol. The van der Waals surface area contributed by atoms with Crippen LogP contribution < -0.4 is 21.3 Å². The quantitative estimate of drug-likeness (QED) is 0.143. The van der Waals surface area contributed by atoms with Crippen LogP contribution in [0, 0.1) is 11.8 Å². The molecule has 2 fully saturated rings. The second-order valence-electron chi connectivity index (χ2n) is 15.4. The Morgan fingerprint density at radius 1 is 0.679 bits per heavy atom. The minimum absolute atomic E-state index is 0.119. The van der Waals surface area contributed by atoms with E-state index in [0.717, 1.165) is 11.1 Å². The first-order chi connectivity index (χ1) is 25.3. The Morgan fingerprint density at radius 2 is 1.21 bits per heavy atom. The maximum atomic E-state index is 14.2. The van der Waals surface area contributed by atoms with Crippen LogP contribution in [0.5, 0.6) is 0 Å². The van der Waals surface area contributed by atoms with Gasteiger partial charge in [-0.05, 0) is 62.0 Å². The number of carbonyl (C=O) groups excluding carboxylic acids is 5. The second-order valence-corrected chi connectivity index (χ2v) is 15.4. The van der Waals surface area contributed by atoms with Crippen molar-refractivity contribution in [3.05, 3.63) is 71.8 Å². The third-order valence-corrected chi connectivity index (χ3v) is 9.71. The highest BCUT2D eigenvalue weighted by atomic mass is 16.6. The number of benzene rings is 2. The van der Waals surface area contributed by atoms with Crippen molar-refractivity contribution in [3.8, 4) is 0 Å². The number of morpholine rings is 1. The number of nitrogens with zero attached hydrogens (tertiary/aromatic N) is 1. The fourth-order valence-corrected chi connectivity index (χ4v) is 6.39. The largest absolute Gasteiger partial charge is 0.379 e. The van der Waals surface area contributed by atoms with Gasteiger partial charge in [-0.1, -0.05) is 88.4 Å².